The van der Waals surface area contributed by atoms with Gasteiger partial charge in [0.2, 0.25) is 0 Å². The summed E-state index contributed by atoms with van der Waals surface area (Å²) in [7, 11) is 0. The van der Waals surface area contributed by atoms with Crippen molar-refractivity contribution in [2.24, 2.45) is 0 Å². The Hall–Kier alpha value is -0.800. The van der Waals surface area contributed by atoms with Gasteiger partial charge in [-0.15, -0.1) is 0 Å². The van der Waals surface area contributed by atoms with Crippen LogP contribution < -0.4 is 4.74 Å². The van der Waals surface area contributed by atoms with Crippen LogP contribution >= 0.6 is 31.9 Å². The lowest BCUT2D eigenvalue weighted by atomic mass is 9.99. The number of halogens is 2. The molecule has 1 atom stereocenters. The highest BCUT2D eigenvalue weighted by atomic mass is 79.9. The Morgan fingerprint density at radius 1 is 1.05 bits per heavy atom. The molecule has 0 bridgehead atoms. The summed E-state index contributed by atoms with van der Waals surface area (Å²) in [6.07, 6.45) is 2.22. The van der Waals surface area contributed by atoms with Crippen molar-refractivity contribution in [3.8, 4) is 5.75 Å². The van der Waals surface area contributed by atoms with E-state index >= 15 is 0 Å². The van der Waals surface area contributed by atoms with Gasteiger partial charge in [-0.1, -0.05) is 56.1 Å². The van der Waals surface area contributed by atoms with E-state index in [-0.39, 0.29) is 4.83 Å². The Kier molecular flexibility index (Phi) is 3.94. The second-order valence-corrected chi connectivity index (χ2v) is 6.57. The predicted molar refractivity (Wildman–Crippen MR) is 85.2 cm³/mol. The molecule has 98 valence electrons. The summed E-state index contributed by atoms with van der Waals surface area (Å²) in [6, 6.07) is 14.9. The van der Waals surface area contributed by atoms with Crippen LogP contribution in [0.4, 0.5) is 0 Å². The first-order valence-electron chi connectivity index (χ1n) is 6.39. The number of alkyl halides is 1. The van der Waals surface area contributed by atoms with Crippen molar-refractivity contribution in [2.75, 3.05) is 6.61 Å². The highest BCUT2D eigenvalue weighted by molar-refractivity contribution is 9.10. The Bertz CT molecular complexity index is 595. The molecule has 1 unspecified atom stereocenters. The van der Waals surface area contributed by atoms with Crippen molar-refractivity contribution in [2.45, 2.75) is 17.7 Å². The zero-order valence-electron chi connectivity index (χ0n) is 10.4. The number of hydrogen-bond donors (Lipinski definition) is 0. The second kappa shape index (κ2) is 5.68. The maximum atomic E-state index is 5.66. The zero-order chi connectivity index (χ0) is 13.2. The molecule has 1 aliphatic heterocycles. The number of aryl methyl sites for hydroxylation is 1. The third kappa shape index (κ3) is 2.87. The van der Waals surface area contributed by atoms with Crippen molar-refractivity contribution in [3.63, 3.8) is 0 Å². The van der Waals surface area contributed by atoms with Gasteiger partial charge in [-0.3, -0.25) is 0 Å². The maximum Gasteiger partial charge on any atom is 0.122 e. The number of benzene rings is 2. The van der Waals surface area contributed by atoms with Crippen LogP contribution in [0.15, 0.2) is 46.9 Å². The van der Waals surface area contributed by atoms with Gasteiger partial charge in [0.25, 0.3) is 0 Å². The van der Waals surface area contributed by atoms with Crippen molar-refractivity contribution in [1.29, 1.82) is 0 Å². The molecule has 0 spiro atoms. The minimum atomic E-state index is 0.220. The van der Waals surface area contributed by atoms with E-state index in [1.54, 1.807) is 0 Å². The van der Waals surface area contributed by atoms with Crippen LogP contribution in [0.2, 0.25) is 0 Å². The van der Waals surface area contributed by atoms with Gasteiger partial charge in [0.1, 0.15) is 5.75 Å². The number of ether oxygens (including phenoxy) is 1. The Labute approximate surface area is 130 Å². The van der Waals surface area contributed by atoms with E-state index in [4.69, 9.17) is 4.74 Å². The minimum Gasteiger partial charge on any atom is -0.493 e. The molecular weight excluding hydrogens is 368 g/mol. The highest BCUT2D eigenvalue weighted by Crippen LogP contribution is 2.35. The fourth-order valence-electron chi connectivity index (χ4n) is 2.39. The summed E-state index contributed by atoms with van der Waals surface area (Å²) in [5.41, 5.74) is 3.86. The second-order valence-electron chi connectivity index (χ2n) is 4.74. The van der Waals surface area contributed by atoms with E-state index in [1.807, 2.05) is 6.07 Å². The fraction of sp³-hybridized carbons (Fsp3) is 0.250. The first-order chi connectivity index (χ1) is 9.24. The van der Waals surface area contributed by atoms with Crippen LogP contribution in [0.3, 0.4) is 0 Å². The SMILES string of the molecule is Brc1cccc(C(Br)c2ccc3c(c2)CCCO3)c1. The van der Waals surface area contributed by atoms with E-state index < -0.39 is 0 Å². The number of hydrogen-bond acceptors (Lipinski definition) is 1. The average molecular weight is 382 g/mol. The van der Waals surface area contributed by atoms with Crippen molar-refractivity contribution < 1.29 is 4.74 Å². The van der Waals surface area contributed by atoms with Gasteiger partial charge < -0.3 is 4.74 Å². The van der Waals surface area contributed by atoms with Gasteiger partial charge in [-0.05, 0) is 47.7 Å². The normalized spacial score (nSPS) is 15.5. The van der Waals surface area contributed by atoms with E-state index in [0.717, 1.165) is 29.7 Å². The quantitative estimate of drug-likeness (QED) is 0.644. The summed E-state index contributed by atoms with van der Waals surface area (Å²) in [5, 5.41) is 0. The Balaban J connectivity index is 1.93. The van der Waals surface area contributed by atoms with Crippen LogP contribution in [0.1, 0.15) is 27.9 Å². The number of rotatable bonds is 2. The lowest BCUT2D eigenvalue weighted by molar-refractivity contribution is 0.288. The van der Waals surface area contributed by atoms with E-state index in [2.05, 4.69) is 68.3 Å². The van der Waals surface area contributed by atoms with E-state index in [1.165, 1.54) is 16.7 Å². The summed E-state index contributed by atoms with van der Waals surface area (Å²) < 4.78 is 6.77. The third-order valence-electron chi connectivity index (χ3n) is 3.37. The summed E-state index contributed by atoms with van der Waals surface area (Å²) in [4.78, 5) is 0.220. The maximum absolute atomic E-state index is 5.66. The lowest BCUT2D eigenvalue weighted by Gasteiger charge is -2.19. The van der Waals surface area contributed by atoms with Crippen LogP contribution in [-0.2, 0) is 6.42 Å². The van der Waals surface area contributed by atoms with Crippen LogP contribution in [0.25, 0.3) is 0 Å². The molecule has 0 N–H and O–H groups in total. The molecule has 1 heterocycles. The fourth-order valence-corrected chi connectivity index (χ4v) is 3.38. The van der Waals surface area contributed by atoms with Crippen LogP contribution in [0.5, 0.6) is 5.75 Å². The highest BCUT2D eigenvalue weighted by Gasteiger charge is 2.15. The molecule has 3 rings (SSSR count). The molecule has 0 fully saturated rings. The largest absolute Gasteiger partial charge is 0.493 e. The summed E-state index contributed by atoms with van der Waals surface area (Å²) >= 11 is 7.32. The predicted octanol–water partition coefficient (Wildman–Crippen LogP) is 5.26. The first-order valence-corrected chi connectivity index (χ1v) is 8.10. The molecule has 0 aromatic heterocycles. The molecule has 3 heteroatoms. The monoisotopic (exact) mass is 380 g/mol. The average Bonchev–Trinajstić information content (AvgIpc) is 2.46. The summed E-state index contributed by atoms with van der Waals surface area (Å²) in [5.74, 6) is 1.05. The minimum absolute atomic E-state index is 0.220. The molecule has 1 nitrogen and oxygen atoms in total. The van der Waals surface area contributed by atoms with E-state index in [9.17, 15) is 0 Å². The molecule has 0 saturated heterocycles. The molecule has 19 heavy (non-hydrogen) atoms. The molecule has 2 aromatic carbocycles. The molecular formula is C16H14Br2O. The molecule has 0 radical (unpaired) electrons. The standard InChI is InChI=1S/C16H14Br2O/c17-14-5-1-3-12(10-14)16(18)13-6-7-15-11(9-13)4-2-8-19-15/h1,3,5-7,9-10,16H,2,4,8H2. The smallest absolute Gasteiger partial charge is 0.122 e. The van der Waals surface area contributed by atoms with Gasteiger partial charge in [0.05, 0.1) is 11.4 Å². The van der Waals surface area contributed by atoms with Crippen molar-refractivity contribution in [3.05, 3.63) is 63.6 Å². The summed E-state index contributed by atoms with van der Waals surface area (Å²) in [6.45, 7) is 0.843. The van der Waals surface area contributed by atoms with Gasteiger partial charge >= 0.3 is 0 Å². The van der Waals surface area contributed by atoms with Gasteiger partial charge in [-0.2, -0.15) is 0 Å². The first kappa shape index (κ1) is 13.2. The van der Waals surface area contributed by atoms with E-state index in [0.29, 0.717) is 0 Å². The lowest BCUT2D eigenvalue weighted by Crippen LogP contribution is -2.08. The molecule has 0 saturated carbocycles. The topological polar surface area (TPSA) is 9.23 Å². The van der Waals surface area contributed by atoms with Crippen LogP contribution in [-0.4, -0.2) is 6.61 Å². The van der Waals surface area contributed by atoms with Gasteiger partial charge in [-0.25, -0.2) is 0 Å². The third-order valence-corrected chi connectivity index (χ3v) is 4.92. The molecule has 2 aromatic rings. The molecule has 1 aliphatic rings. The van der Waals surface area contributed by atoms with Crippen molar-refractivity contribution >= 4 is 31.9 Å². The number of fused-ring (bicyclic) bond motifs is 1. The molecule has 0 aliphatic carbocycles. The Morgan fingerprint density at radius 2 is 1.89 bits per heavy atom. The molecule has 0 amide bonds. The van der Waals surface area contributed by atoms with Gasteiger partial charge in [0, 0.05) is 4.47 Å². The zero-order valence-corrected chi connectivity index (χ0v) is 13.6. The van der Waals surface area contributed by atoms with Crippen molar-refractivity contribution in [1.82, 2.24) is 0 Å². The van der Waals surface area contributed by atoms with Gasteiger partial charge in [0.15, 0.2) is 0 Å². The van der Waals surface area contributed by atoms with Crippen LogP contribution in [0, 0.1) is 0 Å². The Morgan fingerprint density at radius 3 is 2.74 bits per heavy atom.